The van der Waals surface area contributed by atoms with Crippen molar-refractivity contribution in [3.63, 3.8) is 0 Å². The summed E-state index contributed by atoms with van der Waals surface area (Å²) in [5, 5.41) is 19.3. The molecule has 1 unspecified atom stereocenters. The summed E-state index contributed by atoms with van der Waals surface area (Å²) in [6.45, 7) is 2.71. The molecule has 1 heterocycles. The van der Waals surface area contributed by atoms with Crippen LogP contribution in [-0.4, -0.2) is 29.7 Å². The highest BCUT2D eigenvalue weighted by molar-refractivity contribution is 7.10. The van der Waals surface area contributed by atoms with Gasteiger partial charge in [0.05, 0.1) is 12.5 Å². The first-order valence-corrected chi connectivity index (χ1v) is 6.30. The Balaban J connectivity index is 2.69. The molecule has 1 aromatic heterocycles. The third-order valence-electron chi connectivity index (χ3n) is 2.58. The molecule has 90 valence electrons. The number of nitrogens with zero attached hydrogens (tertiary/aromatic N) is 2. The first-order chi connectivity index (χ1) is 8.19. The Hall–Kier alpha value is -1.33. The van der Waals surface area contributed by atoms with Crippen LogP contribution in [0.4, 0.5) is 0 Å². The second kappa shape index (κ2) is 7.09. The molecule has 1 aromatic rings. The van der Waals surface area contributed by atoms with Gasteiger partial charge in [-0.25, -0.2) is 0 Å². The van der Waals surface area contributed by atoms with Gasteiger partial charge in [0.25, 0.3) is 0 Å². The summed E-state index contributed by atoms with van der Waals surface area (Å²) in [7, 11) is 2.00. The van der Waals surface area contributed by atoms with Crippen LogP contribution < -0.4 is 0 Å². The molecule has 0 bridgehead atoms. The molecule has 0 aliphatic rings. The maximum Gasteiger partial charge on any atom is 0.104 e. The van der Waals surface area contributed by atoms with Crippen LogP contribution in [-0.2, 0) is 6.54 Å². The van der Waals surface area contributed by atoms with Gasteiger partial charge >= 0.3 is 0 Å². The lowest BCUT2D eigenvalue weighted by atomic mass is 10.2. The van der Waals surface area contributed by atoms with Gasteiger partial charge in [0.1, 0.15) is 6.61 Å². The SMILES string of the molecule is CC(CC#N)N(C)Cc1sccc1C#CCO. The molecule has 0 fully saturated rings. The molecule has 1 N–H and O–H groups in total. The molecule has 0 amide bonds. The Morgan fingerprint density at radius 1 is 1.59 bits per heavy atom. The zero-order chi connectivity index (χ0) is 12.7. The third-order valence-corrected chi connectivity index (χ3v) is 3.49. The van der Waals surface area contributed by atoms with Gasteiger partial charge in [-0.2, -0.15) is 5.26 Å². The molecular formula is C13H16N2OS. The average molecular weight is 248 g/mol. The molecule has 1 rings (SSSR count). The Morgan fingerprint density at radius 2 is 2.35 bits per heavy atom. The molecule has 17 heavy (non-hydrogen) atoms. The fourth-order valence-electron chi connectivity index (χ4n) is 1.38. The van der Waals surface area contributed by atoms with Crippen LogP contribution in [0.1, 0.15) is 23.8 Å². The molecule has 0 saturated carbocycles. The van der Waals surface area contributed by atoms with Crippen molar-refractivity contribution in [3.05, 3.63) is 21.9 Å². The van der Waals surface area contributed by atoms with Gasteiger partial charge in [-0.3, -0.25) is 4.90 Å². The predicted molar refractivity (Wildman–Crippen MR) is 69.4 cm³/mol. The molecule has 0 saturated heterocycles. The van der Waals surface area contributed by atoms with Crippen LogP contribution in [0.25, 0.3) is 0 Å². The van der Waals surface area contributed by atoms with E-state index < -0.39 is 0 Å². The molecular weight excluding hydrogens is 232 g/mol. The van der Waals surface area contributed by atoms with Gasteiger partial charge in [-0.1, -0.05) is 11.8 Å². The minimum Gasteiger partial charge on any atom is -0.384 e. The normalized spacial score (nSPS) is 11.7. The standard InChI is InChI=1S/C13H16N2OS/c1-11(5-7-14)15(2)10-13-12(4-3-8-16)6-9-17-13/h6,9,11,16H,5,8,10H2,1-2H3. The zero-order valence-electron chi connectivity index (χ0n) is 10.1. The smallest absolute Gasteiger partial charge is 0.104 e. The molecule has 3 nitrogen and oxygen atoms in total. The summed E-state index contributed by atoms with van der Waals surface area (Å²) in [5.41, 5.74) is 0.972. The minimum absolute atomic E-state index is 0.115. The van der Waals surface area contributed by atoms with Crippen molar-refractivity contribution < 1.29 is 5.11 Å². The monoisotopic (exact) mass is 248 g/mol. The van der Waals surface area contributed by atoms with Crippen LogP contribution in [0.2, 0.25) is 0 Å². The summed E-state index contributed by atoms with van der Waals surface area (Å²) in [6.07, 6.45) is 0.527. The highest BCUT2D eigenvalue weighted by atomic mass is 32.1. The van der Waals surface area contributed by atoms with E-state index in [0.717, 1.165) is 12.1 Å². The number of hydrogen-bond donors (Lipinski definition) is 1. The van der Waals surface area contributed by atoms with E-state index >= 15 is 0 Å². The van der Waals surface area contributed by atoms with Crippen molar-refractivity contribution in [2.75, 3.05) is 13.7 Å². The fourth-order valence-corrected chi connectivity index (χ4v) is 2.27. The second-order valence-corrected chi connectivity index (χ2v) is 4.84. The van der Waals surface area contributed by atoms with Crippen molar-refractivity contribution in [1.29, 1.82) is 5.26 Å². The summed E-state index contributed by atoms with van der Waals surface area (Å²) in [5.74, 6) is 5.60. The predicted octanol–water partition coefficient (Wildman–Crippen LogP) is 1.83. The number of rotatable bonds is 4. The van der Waals surface area contributed by atoms with Crippen LogP contribution >= 0.6 is 11.3 Å². The average Bonchev–Trinajstić information content (AvgIpc) is 2.74. The Morgan fingerprint density at radius 3 is 3.00 bits per heavy atom. The van der Waals surface area contributed by atoms with E-state index in [1.807, 2.05) is 25.4 Å². The molecule has 0 radical (unpaired) electrons. The van der Waals surface area contributed by atoms with E-state index in [4.69, 9.17) is 10.4 Å². The van der Waals surface area contributed by atoms with E-state index in [9.17, 15) is 0 Å². The van der Waals surface area contributed by atoms with Gasteiger partial charge in [0, 0.05) is 23.0 Å². The minimum atomic E-state index is -0.115. The molecule has 0 spiro atoms. The van der Waals surface area contributed by atoms with Gasteiger partial charge in [0.15, 0.2) is 0 Å². The largest absolute Gasteiger partial charge is 0.384 e. The number of aliphatic hydroxyl groups excluding tert-OH is 1. The summed E-state index contributed by atoms with van der Waals surface area (Å²) < 4.78 is 0. The lowest BCUT2D eigenvalue weighted by Crippen LogP contribution is -2.28. The van der Waals surface area contributed by atoms with Crippen LogP contribution in [0.15, 0.2) is 11.4 Å². The number of thiophene rings is 1. The van der Waals surface area contributed by atoms with Crippen molar-refractivity contribution in [2.45, 2.75) is 25.9 Å². The van der Waals surface area contributed by atoms with Gasteiger partial charge in [-0.05, 0) is 25.4 Å². The summed E-state index contributed by atoms with van der Waals surface area (Å²) in [6, 6.07) is 4.38. The molecule has 0 aromatic carbocycles. The van der Waals surface area contributed by atoms with E-state index in [1.165, 1.54) is 4.88 Å². The zero-order valence-corrected chi connectivity index (χ0v) is 10.9. The van der Waals surface area contributed by atoms with Crippen molar-refractivity contribution >= 4 is 11.3 Å². The molecule has 0 aliphatic heterocycles. The van der Waals surface area contributed by atoms with Gasteiger partial charge in [0.2, 0.25) is 0 Å². The Bertz CT molecular complexity index is 450. The first-order valence-electron chi connectivity index (χ1n) is 5.42. The van der Waals surface area contributed by atoms with Gasteiger partial charge < -0.3 is 5.11 Å². The molecule has 0 aliphatic carbocycles. The maximum atomic E-state index is 8.68. The van der Waals surface area contributed by atoms with Crippen LogP contribution in [0.5, 0.6) is 0 Å². The summed E-state index contributed by atoms with van der Waals surface area (Å²) in [4.78, 5) is 3.32. The quantitative estimate of drug-likeness (QED) is 0.827. The second-order valence-electron chi connectivity index (χ2n) is 3.84. The topological polar surface area (TPSA) is 47.3 Å². The van der Waals surface area contributed by atoms with Crippen LogP contribution in [0, 0.1) is 23.2 Å². The highest BCUT2D eigenvalue weighted by Gasteiger charge is 2.11. The van der Waals surface area contributed by atoms with Crippen molar-refractivity contribution in [3.8, 4) is 17.9 Å². The lowest BCUT2D eigenvalue weighted by molar-refractivity contribution is 0.254. The van der Waals surface area contributed by atoms with E-state index in [-0.39, 0.29) is 12.6 Å². The third kappa shape index (κ3) is 4.20. The van der Waals surface area contributed by atoms with Gasteiger partial charge in [-0.15, -0.1) is 11.3 Å². The molecule has 4 heteroatoms. The van der Waals surface area contributed by atoms with Crippen molar-refractivity contribution in [1.82, 2.24) is 4.90 Å². The Labute approximate surface area is 106 Å². The van der Waals surface area contributed by atoms with E-state index in [2.05, 4.69) is 22.8 Å². The number of aliphatic hydroxyl groups is 1. The number of nitriles is 1. The summed E-state index contributed by atoms with van der Waals surface area (Å²) >= 11 is 1.66. The Kier molecular flexibility index (Phi) is 5.72. The number of hydrogen-bond acceptors (Lipinski definition) is 4. The first kappa shape index (κ1) is 13.7. The fraction of sp³-hybridized carbons (Fsp3) is 0.462. The highest BCUT2D eigenvalue weighted by Crippen LogP contribution is 2.19. The molecule has 1 atom stereocenters. The van der Waals surface area contributed by atoms with Crippen molar-refractivity contribution in [2.24, 2.45) is 0 Å². The maximum absolute atomic E-state index is 8.68. The van der Waals surface area contributed by atoms with Crippen LogP contribution in [0.3, 0.4) is 0 Å². The van der Waals surface area contributed by atoms with E-state index in [0.29, 0.717) is 6.42 Å². The van der Waals surface area contributed by atoms with E-state index in [1.54, 1.807) is 11.3 Å². The lowest BCUT2D eigenvalue weighted by Gasteiger charge is -2.21.